The second kappa shape index (κ2) is 6.38. The summed E-state index contributed by atoms with van der Waals surface area (Å²) < 4.78 is 6.63. The van der Waals surface area contributed by atoms with Gasteiger partial charge in [0.15, 0.2) is 6.10 Å². The van der Waals surface area contributed by atoms with Crippen molar-refractivity contribution in [1.82, 2.24) is 9.55 Å². The molecule has 1 amide bonds. The summed E-state index contributed by atoms with van der Waals surface area (Å²) in [5.74, 6) is -0.786. The Kier molecular flexibility index (Phi) is 4.55. The number of hydrogen-bond donors (Lipinski definition) is 1. The molecule has 1 aromatic heterocycles. The number of carbonyl (C=O) groups is 2. The molecule has 0 radical (unpaired) electrons. The van der Waals surface area contributed by atoms with Crippen LogP contribution in [0.1, 0.15) is 19.2 Å². The highest BCUT2D eigenvalue weighted by Gasteiger charge is 2.15. The van der Waals surface area contributed by atoms with Crippen molar-refractivity contribution in [1.29, 1.82) is 0 Å². The van der Waals surface area contributed by atoms with Crippen LogP contribution in [-0.4, -0.2) is 27.5 Å². The monoisotopic (exact) mass is 303 g/mol. The topological polar surface area (TPSA) is 104 Å². The number of rotatable bonds is 5. The van der Waals surface area contributed by atoms with Gasteiger partial charge in [-0.05, 0) is 19.1 Å². The molecule has 2 aromatic rings. The second-order valence-corrected chi connectivity index (χ2v) is 4.94. The van der Waals surface area contributed by atoms with Gasteiger partial charge in [-0.2, -0.15) is 4.98 Å². The fourth-order valence-electron chi connectivity index (χ4n) is 2.09. The Morgan fingerprint density at radius 1 is 1.36 bits per heavy atom. The maximum Gasteiger partial charge on any atom is 0.307 e. The lowest BCUT2D eigenvalue weighted by atomic mass is 10.2. The molecule has 1 heterocycles. The third-order valence-electron chi connectivity index (χ3n) is 3.38. The summed E-state index contributed by atoms with van der Waals surface area (Å²) in [6.45, 7) is 1.41. The molecule has 0 aliphatic rings. The zero-order valence-corrected chi connectivity index (χ0v) is 12.4. The number of amides is 1. The largest absolute Gasteiger partial charge is 0.453 e. The van der Waals surface area contributed by atoms with Crippen molar-refractivity contribution >= 4 is 22.8 Å². The minimum absolute atomic E-state index is 0.0102. The summed E-state index contributed by atoms with van der Waals surface area (Å²) in [5, 5.41) is 0.527. The number of esters is 1. The first-order chi connectivity index (χ1) is 10.4. The normalized spacial score (nSPS) is 12.1. The Balaban J connectivity index is 2.16. The minimum Gasteiger partial charge on any atom is -0.453 e. The van der Waals surface area contributed by atoms with Crippen LogP contribution in [0.5, 0.6) is 0 Å². The molecule has 0 spiro atoms. The predicted octanol–water partition coefficient (Wildman–Crippen LogP) is 0.283. The van der Waals surface area contributed by atoms with Gasteiger partial charge in [0, 0.05) is 13.5 Å². The molecule has 0 saturated carbocycles. The van der Waals surface area contributed by atoms with E-state index in [1.54, 1.807) is 23.7 Å². The van der Waals surface area contributed by atoms with E-state index in [-0.39, 0.29) is 18.4 Å². The van der Waals surface area contributed by atoms with Crippen molar-refractivity contribution in [3.8, 4) is 0 Å². The Labute approximate surface area is 126 Å². The molecule has 2 rings (SSSR count). The number of benzene rings is 1. The third-order valence-corrected chi connectivity index (χ3v) is 3.38. The average Bonchev–Trinajstić information content (AvgIpc) is 2.49. The van der Waals surface area contributed by atoms with Crippen molar-refractivity contribution in [2.75, 3.05) is 0 Å². The van der Waals surface area contributed by atoms with Crippen molar-refractivity contribution in [3.63, 3.8) is 0 Å². The van der Waals surface area contributed by atoms with Crippen molar-refractivity contribution in [3.05, 3.63) is 40.4 Å². The first kappa shape index (κ1) is 15.7. The summed E-state index contributed by atoms with van der Waals surface area (Å²) >= 11 is 0. The Bertz CT molecular complexity index is 782. The van der Waals surface area contributed by atoms with Gasteiger partial charge in [0.05, 0.1) is 17.3 Å². The van der Waals surface area contributed by atoms with Gasteiger partial charge < -0.3 is 15.0 Å². The maximum absolute atomic E-state index is 12.0. The van der Waals surface area contributed by atoms with Gasteiger partial charge in [0.25, 0.3) is 11.5 Å². The fourth-order valence-corrected chi connectivity index (χ4v) is 2.09. The second-order valence-electron chi connectivity index (χ2n) is 4.94. The van der Waals surface area contributed by atoms with E-state index in [2.05, 4.69) is 4.98 Å². The minimum atomic E-state index is -0.971. The molecule has 7 nitrogen and oxygen atoms in total. The number of primary amides is 1. The van der Waals surface area contributed by atoms with E-state index in [1.807, 2.05) is 12.1 Å². The molecular formula is C15H17N3O4. The SMILES string of the molecule is C[C@@H](OC(=O)CCc1nc(=O)c2ccccc2n1C)C(N)=O. The Morgan fingerprint density at radius 2 is 2.05 bits per heavy atom. The van der Waals surface area contributed by atoms with E-state index in [4.69, 9.17) is 10.5 Å². The lowest BCUT2D eigenvalue weighted by Gasteiger charge is -2.12. The number of aryl methyl sites for hydroxylation is 2. The molecular weight excluding hydrogens is 286 g/mol. The molecule has 0 fully saturated rings. The predicted molar refractivity (Wildman–Crippen MR) is 80.1 cm³/mol. The fraction of sp³-hybridized carbons (Fsp3) is 0.333. The molecule has 2 N–H and O–H groups in total. The number of fused-ring (bicyclic) bond motifs is 1. The highest BCUT2D eigenvalue weighted by Crippen LogP contribution is 2.11. The van der Waals surface area contributed by atoms with Gasteiger partial charge in [-0.3, -0.25) is 14.4 Å². The van der Waals surface area contributed by atoms with Gasteiger partial charge in [-0.1, -0.05) is 12.1 Å². The number of nitrogens with two attached hydrogens (primary N) is 1. The van der Waals surface area contributed by atoms with Crippen molar-refractivity contribution < 1.29 is 14.3 Å². The Morgan fingerprint density at radius 3 is 2.73 bits per heavy atom. The molecule has 1 aromatic carbocycles. The number of para-hydroxylation sites is 1. The molecule has 0 saturated heterocycles. The van der Waals surface area contributed by atoms with E-state index in [9.17, 15) is 14.4 Å². The standard InChI is InChI=1S/C15H17N3O4/c1-9(14(16)20)22-13(19)8-7-12-17-15(21)10-5-3-4-6-11(10)18(12)2/h3-6,9H,7-8H2,1-2H3,(H2,16,20)/t9-/m1/s1. The van der Waals surface area contributed by atoms with E-state index < -0.39 is 18.0 Å². The molecule has 0 aliphatic heterocycles. The van der Waals surface area contributed by atoms with E-state index in [0.29, 0.717) is 11.2 Å². The van der Waals surface area contributed by atoms with Crippen LogP contribution in [0.15, 0.2) is 29.1 Å². The van der Waals surface area contributed by atoms with Crippen LogP contribution in [0.25, 0.3) is 10.9 Å². The average molecular weight is 303 g/mol. The molecule has 7 heteroatoms. The molecule has 1 atom stereocenters. The molecule has 116 valence electrons. The highest BCUT2D eigenvalue weighted by molar-refractivity contribution is 5.82. The number of carbonyl (C=O) groups excluding carboxylic acids is 2. The summed E-state index contributed by atoms with van der Waals surface area (Å²) in [6.07, 6.45) is -0.724. The first-order valence-corrected chi connectivity index (χ1v) is 6.83. The van der Waals surface area contributed by atoms with Crippen LogP contribution in [0, 0.1) is 0 Å². The van der Waals surface area contributed by atoms with Crippen molar-refractivity contribution in [2.24, 2.45) is 12.8 Å². The van der Waals surface area contributed by atoms with Crippen LogP contribution in [0.2, 0.25) is 0 Å². The van der Waals surface area contributed by atoms with Crippen LogP contribution in [0.4, 0.5) is 0 Å². The summed E-state index contributed by atoms with van der Waals surface area (Å²) in [4.78, 5) is 38.4. The van der Waals surface area contributed by atoms with Gasteiger partial charge in [0.1, 0.15) is 5.82 Å². The zero-order valence-electron chi connectivity index (χ0n) is 12.4. The maximum atomic E-state index is 12.0. The first-order valence-electron chi connectivity index (χ1n) is 6.83. The molecule has 0 bridgehead atoms. The van der Waals surface area contributed by atoms with Crippen LogP contribution < -0.4 is 11.3 Å². The van der Waals surface area contributed by atoms with E-state index in [0.717, 1.165) is 5.52 Å². The Hall–Kier alpha value is -2.70. The molecule has 0 unspecified atom stereocenters. The van der Waals surface area contributed by atoms with Gasteiger partial charge >= 0.3 is 5.97 Å². The molecule has 0 aliphatic carbocycles. The smallest absolute Gasteiger partial charge is 0.307 e. The van der Waals surface area contributed by atoms with Crippen molar-refractivity contribution in [2.45, 2.75) is 25.9 Å². The van der Waals surface area contributed by atoms with Gasteiger partial charge in [-0.15, -0.1) is 0 Å². The lowest BCUT2D eigenvalue weighted by molar-refractivity contribution is -0.153. The number of ether oxygens (including phenoxy) is 1. The summed E-state index contributed by atoms with van der Waals surface area (Å²) in [5.41, 5.74) is 5.44. The van der Waals surface area contributed by atoms with Crippen LogP contribution >= 0.6 is 0 Å². The molecule has 22 heavy (non-hydrogen) atoms. The number of nitrogens with zero attached hydrogens (tertiary/aromatic N) is 2. The highest BCUT2D eigenvalue weighted by atomic mass is 16.5. The third kappa shape index (κ3) is 3.30. The van der Waals surface area contributed by atoms with Gasteiger partial charge in [-0.25, -0.2) is 0 Å². The zero-order chi connectivity index (χ0) is 16.3. The van der Waals surface area contributed by atoms with Crippen LogP contribution in [-0.2, 0) is 27.8 Å². The summed E-state index contributed by atoms with van der Waals surface area (Å²) in [7, 11) is 1.78. The lowest BCUT2D eigenvalue weighted by Crippen LogP contribution is -2.30. The van der Waals surface area contributed by atoms with Gasteiger partial charge in [0.2, 0.25) is 0 Å². The quantitative estimate of drug-likeness (QED) is 0.799. The number of aromatic nitrogens is 2. The van der Waals surface area contributed by atoms with E-state index in [1.165, 1.54) is 6.92 Å². The van der Waals surface area contributed by atoms with Crippen LogP contribution in [0.3, 0.4) is 0 Å². The summed E-state index contributed by atoms with van der Waals surface area (Å²) in [6, 6.07) is 7.12. The van der Waals surface area contributed by atoms with E-state index >= 15 is 0 Å². The number of hydrogen-bond acceptors (Lipinski definition) is 5.